The van der Waals surface area contributed by atoms with Crippen LogP contribution in [0.1, 0.15) is 30.8 Å². The van der Waals surface area contributed by atoms with E-state index in [0.717, 1.165) is 23.6 Å². The van der Waals surface area contributed by atoms with Crippen molar-refractivity contribution in [3.63, 3.8) is 0 Å². The zero-order valence-electron chi connectivity index (χ0n) is 13.4. The fraction of sp³-hybridized carbons (Fsp3) is 0.333. The van der Waals surface area contributed by atoms with E-state index < -0.39 is 0 Å². The van der Waals surface area contributed by atoms with Crippen molar-refractivity contribution in [1.82, 2.24) is 5.32 Å². The quantitative estimate of drug-likeness (QED) is 0.778. The molecular formula is C18H24NO2P. The second kappa shape index (κ2) is 8.17. The molecule has 3 nitrogen and oxygen atoms in total. The maximum absolute atomic E-state index is 5.90. The van der Waals surface area contributed by atoms with Crippen LogP contribution in [0.4, 0.5) is 0 Å². The van der Waals surface area contributed by atoms with Crippen LogP contribution in [0.25, 0.3) is 0 Å². The molecule has 4 heteroatoms. The van der Waals surface area contributed by atoms with Gasteiger partial charge in [0.2, 0.25) is 0 Å². The van der Waals surface area contributed by atoms with Gasteiger partial charge in [0.25, 0.3) is 0 Å². The molecule has 0 aliphatic heterocycles. The van der Waals surface area contributed by atoms with E-state index in [1.807, 2.05) is 38.1 Å². The highest BCUT2D eigenvalue weighted by Crippen LogP contribution is 2.27. The van der Waals surface area contributed by atoms with Crippen LogP contribution in [0.2, 0.25) is 0 Å². The molecule has 2 aromatic carbocycles. The van der Waals surface area contributed by atoms with Crippen LogP contribution < -0.4 is 14.8 Å². The minimum Gasteiger partial charge on any atom is -0.497 e. The van der Waals surface area contributed by atoms with E-state index in [9.17, 15) is 0 Å². The van der Waals surface area contributed by atoms with Gasteiger partial charge in [0, 0.05) is 24.0 Å². The minimum absolute atomic E-state index is 0.131. The summed E-state index contributed by atoms with van der Waals surface area (Å²) < 4.78 is 11.2. The third-order valence-electron chi connectivity index (χ3n) is 3.31. The molecule has 22 heavy (non-hydrogen) atoms. The monoisotopic (exact) mass is 317 g/mol. The van der Waals surface area contributed by atoms with E-state index in [1.165, 1.54) is 5.56 Å². The lowest BCUT2D eigenvalue weighted by molar-refractivity contribution is 0.238. The molecule has 2 rings (SSSR count). The van der Waals surface area contributed by atoms with Gasteiger partial charge in [0.05, 0.1) is 13.2 Å². The zero-order valence-corrected chi connectivity index (χ0v) is 14.5. The molecule has 0 spiro atoms. The molecule has 0 heterocycles. The fourth-order valence-electron chi connectivity index (χ4n) is 2.17. The third kappa shape index (κ3) is 4.72. The van der Waals surface area contributed by atoms with Crippen LogP contribution in [0.5, 0.6) is 11.5 Å². The Morgan fingerprint density at radius 2 is 1.82 bits per heavy atom. The average molecular weight is 317 g/mol. The number of rotatable bonds is 7. The second-order valence-corrected chi connectivity index (χ2v) is 6.08. The Morgan fingerprint density at radius 1 is 1.09 bits per heavy atom. The first kappa shape index (κ1) is 16.8. The molecule has 0 radical (unpaired) electrons. The van der Waals surface area contributed by atoms with E-state index in [1.54, 1.807) is 7.11 Å². The summed E-state index contributed by atoms with van der Waals surface area (Å²) in [7, 11) is 4.50. The van der Waals surface area contributed by atoms with Gasteiger partial charge in [-0.2, -0.15) is 0 Å². The number of hydrogen-bond donors (Lipinski definition) is 1. The first-order valence-corrected chi connectivity index (χ1v) is 8.14. The van der Waals surface area contributed by atoms with Crippen molar-refractivity contribution in [2.75, 3.05) is 7.11 Å². The fourth-order valence-corrected chi connectivity index (χ4v) is 2.51. The van der Waals surface area contributed by atoms with Crippen LogP contribution in [0.3, 0.4) is 0 Å². The van der Waals surface area contributed by atoms with Crippen molar-refractivity contribution in [1.29, 1.82) is 0 Å². The van der Waals surface area contributed by atoms with Gasteiger partial charge in [-0.25, -0.2) is 0 Å². The molecule has 0 saturated carbocycles. The van der Waals surface area contributed by atoms with Crippen LogP contribution in [-0.2, 0) is 6.54 Å². The van der Waals surface area contributed by atoms with Crippen LogP contribution in [0.15, 0.2) is 48.5 Å². The van der Waals surface area contributed by atoms with Gasteiger partial charge in [0.15, 0.2) is 0 Å². The highest BCUT2D eigenvalue weighted by atomic mass is 31.0. The summed E-state index contributed by atoms with van der Waals surface area (Å²) in [5, 5.41) is 3.51. The summed E-state index contributed by atoms with van der Waals surface area (Å²) >= 11 is 0. The molecule has 0 aliphatic rings. The first-order valence-electron chi connectivity index (χ1n) is 7.47. The Labute approximate surface area is 135 Å². The zero-order chi connectivity index (χ0) is 15.9. The molecule has 0 fully saturated rings. The van der Waals surface area contributed by atoms with Gasteiger partial charge in [-0.15, -0.1) is 9.24 Å². The van der Waals surface area contributed by atoms with Gasteiger partial charge in [0.1, 0.15) is 11.5 Å². The summed E-state index contributed by atoms with van der Waals surface area (Å²) in [6.45, 7) is 4.79. The lowest BCUT2D eigenvalue weighted by atomic mass is 10.1. The molecular weight excluding hydrogens is 293 g/mol. The molecule has 0 saturated heterocycles. The Kier molecular flexibility index (Phi) is 6.23. The summed E-state index contributed by atoms with van der Waals surface area (Å²) in [5.74, 6) is 1.88. The molecule has 118 valence electrons. The van der Waals surface area contributed by atoms with Crippen molar-refractivity contribution >= 4 is 9.24 Å². The molecule has 0 aliphatic carbocycles. The molecule has 0 bridgehead atoms. The highest BCUT2D eigenvalue weighted by Gasteiger charge is 2.10. The third-order valence-corrected chi connectivity index (χ3v) is 3.93. The van der Waals surface area contributed by atoms with Crippen molar-refractivity contribution in [3.05, 3.63) is 59.7 Å². The number of hydrogen-bond acceptors (Lipinski definition) is 3. The molecule has 1 N–H and O–H groups in total. The number of methoxy groups -OCH3 is 1. The molecule has 2 aromatic rings. The van der Waals surface area contributed by atoms with Gasteiger partial charge in [-0.05, 0) is 25.5 Å². The van der Waals surface area contributed by atoms with Crippen LogP contribution >= 0.6 is 9.24 Å². The van der Waals surface area contributed by atoms with Crippen LogP contribution in [0, 0.1) is 0 Å². The molecule has 0 amide bonds. The van der Waals surface area contributed by atoms with E-state index >= 15 is 0 Å². The minimum atomic E-state index is 0.131. The predicted molar refractivity (Wildman–Crippen MR) is 94.5 cm³/mol. The Hall–Kier alpha value is -1.57. The van der Waals surface area contributed by atoms with Gasteiger partial charge < -0.3 is 14.8 Å². The SMILES string of the molecule is COc1ccc(CNC(P)c2ccccc2)c(OC(C)C)c1. The largest absolute Gasteiger partial charge is 0.497 e. The van der Waals surface area contributed by atoms with Crippen LogP contribution in [-0.4, -0.2) is 13.2 Å². The maximum atomic E-state index is 5.90. The number of ether oxygens (including phenoxy) is 2. The summed E-state index contributed by atoms with van der Waals surface area (Å²) in [4.78, 5) is 0. The van der Waals surface area contributed by atoms with Gasteiger partial charge >= 0.3 is 0 Å². The van der Waals surface area contributed by atoms with E-state index in [0.29, 0.717) is 0 Å². The topological polar surface area (TPSA) is 30.5 Å². The van der Waals surface area contributed by atoms with Crippen molar-refractivity contribution in [2.45, 2.75) is 32.3 Å². The first-order chi connectivity index (χ1) is 10.6. The smallest absolute Gasteiger partial charge is 0.127 e. The highest BCUT2D eigenvalue weighted by molar-refractivity contribution is 7.17. The number of benzene rings is 2. The summed E-state index contributed by atoms with van der Waals surface area (Å²) in [6, 6.07) is 16.3. The Bertz CT molecular complexity index is 587. The normalized spacial score (nSPS) is 12.2. The maximum Gasteiger partial charge on any atom is 0.127 e. The van der Waals surface area contributed by atoms with Crippen molar-refractivity contribution < 1.29 is 9.47 Å². The van der Waals surface area contributed by atoms with E-state index in [-0.39, 0.29) is 11.9 Å². The van der Waals surface area contributed by atoms with E-state index in [4.69, 9.17) is 9.47 Å². The molecule has 2 unspecified atom stereocenters. The van der Waals surface area contributed by atoms with Gasteiger partial charge in [-0.1, -0.05) is 36.4 Å². The second-order valence-electron chi connectivity index (χ2n) is 5.41. The number of nitrogens with one attached hydrogen (secondary N) is 1. The van der Waals surface area contributed by atoms with Crippen molar-refractivity contribution in [2.24, 2.45) is 0 Å². The van der Waals surface area contributed by atoms with E-state index in [2.05, 4.69) is 38.8 Å². The Balaban J connectivity index is 2.08. The summed E-state index contributed by atoms with van der Waals surface area (Å²) in [5.41, 5.74) is 2.37. The predicted octanol–water partition coefficient (Wildman–Crippen LogP) is 4.15. The lowest BCUT2D eigenvalue weighted by Gasteiger charge is -2.18. The molecule has 0 aromatic heterocycles. The summed E-state index contributed by atoms with van der Waals surface area (Å²) in [6.07, 6.45) is 0.131. The lowest BCUT2D eigenvalue weighted by Crippen LogP contribution is -2.17. The Morgan fingerprint density at radius 3 is 2.45 bits per heavy atom. The molecule has 2 atom stereocenters. The standard InChI is InChI=1S/C18H24NO2P/c1-13(2)21-17-11-16(20-3)10-9-15(17)12-19-18(22)14-7-5-4-6-8-14/h4-11,13,18-19H,12,22H2,1-3H3. The average Bonchev–Trinajstić information content (AvgIpc) is 2.53. The van der Waals surface area contributed by atoms with Crippen molar-refractivity contribution in [3.8, 4) is 11.5 Å². The van der Waals surface area contributed by atoms with Gasteiger partial charge in [-0.3, -0.25) is 0 Å².